The molecule has 0 amide bonds. The van der Waals surface area contributed by atoms with Gasteiger partial charge in [-0.05, 0) is 173 Å². The average Bonchev–Trinajstić information content (AvgIpc) is 3.72. The van der Waals surface area contributed by atoms with Crippen LogP contribution in [-0.2, 0) is 32.5 Å². The van der Waals surface area contributed by atoms with Crippen LogP contribution in [-0.4, -0.2) is 6.71 Å². The molecule has 0 unspecified atom stereocenters. The number of hydrogen-bond donors (Lipinski definition) is 0. The van der Waals surface area contributed by atoms with Crippen molar-refractivity contribution in [2.45, 2.75) is 156 Å². The zero-order valence-electron chi connectivity index (χ0n) is 42.6. The third kappa shape index (κ3) is 6.18. The number of fused-ring (bicyclic) bond motifs is 11. The number of nitrogens with zero attached hydrogens (tertiary/aromatic N) is 2. The van der Waals surface area contributed by atoms with Gasteiger partial charge in [-0.1, -0.05) is 158 Å². The molecule has 0 saturated carbocycles. The van der Waals surface area contributed by atoms with Crippen molar-refractivity contribution in [2.75, 3.05) is 9.80 Å². The molecular formula is C62H69BN2S. The highest BCUT2D eigenvalue weighted by atomic mass is 32.1. The van der Waals surface area contributed by atoms with E-state index in [-0.39, 0.29) is 39.2 Å². The van der Waals surface area contributed by atoms with Crippen LogP contribution in [0.5, 0.6) is 0 Å². The Bertz CT molecular complexity index is 3170. The van der Waals surface area contributed by atoms with Gasteiger partial charge >= 0.3 is 0 Å². The van der Waals surface area contributed by atoms with Crippen LogP contribution < -0.4 is 26.2 Å². The topological polar surface area (TPSA) is 6.48 Å². The molecule has 7 aromatic rings. The first-order valence-electron chi connectivity index (χ1n) is 24.7. The first-order chi connectivity index (χ1) is 30.8. The van der Waals surface area contributed by atoms with Crippen molar-refractivity contribution in [1.82, 2.24) is 0 Å². The minimum Gasteiger partial charge on any atom is -0.311 e. The SMILES string of the molecule is Cc1cc2c3c(c1)N(c1ccc(C(C)(C)C)cc1)c1c(cc(C(C)(C)C)c4c1C(C)(C)c1ccccc1-4)B3c1c(sc3cc4c(cc13)C(C)(C)CCC4(C)C)N2c1ccc(C(C)(C)C)cc1. The molecule has 4 heteroatoms. The smallest absolute Gasteiger partial charge is 0.254 e. The molecule has 1 aromatic heterocycles. The van der Waals surface area contributed by atoms with Gasteiger partial charge < -0.3 is 9.80 Å². The van der Waals surface area contributed by atoms with E-state index >= 15 is 0 Å². The van der Waals surface area contributed by atoms with Gasteiger partial charge in [0.05, 0.1) is 5.00 Å². The fourth-order valence-corrected chi connectivity index (χ4v) is 13.8. The second kappa shape index (κ2) is 13.8. The summed E-state index contributed by atoms with van der Waals surface area (Å²) in [5, 5.41) is 2.78. The molecule has 0 saturated heterocycles. The zero-order valence-corrected chi connectivity index (χ0v) is 43.4. The van der Waals surface area contributed by atoms with Crippen LogP contribution in [0.1, 0.15) is 161 Å². The summed E-state index contributed by atoms with van der Waals surface area (Å²) in [6.07, 6.45) is 2.39. The maximum atomic E-state index is 2.71. The van der Waals surface area contributed by atoms with Crippen molar-refractivity contribution >= 4 is 78.0 Å². The zero-order chi connectivity index (χ0) is 47.0. The van der Waals surface area contributed by atoms with Crippen molar-refractivity contribution in [3.05, 3.63) is 148 Å². The van der Waals surface area contributed by atoms with Gasteiger partial charge in [0.1, 0.15) is 0 Å². The van der Waals surface area contributed by atoms with Crippen molar-refractivity contribution in [1.29, 1.82) is 0 Å². The van der Waals surface area contributed by atoms with E-state index in [9.17, 15) is 0 Å². The van der Waals surface area contributed by atoms with Crippen LogP contribution in [0.3, 0.4) is 0 Å². The molecule has 66 heavy (non-hydrogen) atoms. The Morgan fingerprint density at radius 1 is 0.561 bits per heavy atom. The molecule has 2 aliphatic heterocycles. The lowest BCUT2D eigenvalue weighted by atomic mass is 9.33. The number of thiophene rings is 1. The fourth-order valence-electron chi connectivity index (χ4n) is 12.5. The Morgan fingerprint density at radius 2 is 1.09 bits per heavy atom. The number of anilines is 6. The average molecular weight is 885 g/mol. The second-order valence-corrected chi connectivity index (χ2v) is 26.5. The summed E-state index contributed by atoms with van der Waals surface area (Å²) in [7, 11) is 0. The highest BCUT2D eigenvalue weighted by Crippen LogP contribution is 2.59. The van der Waals surface area contributed by atoms with E-state index in [1.807, 2.05) is 11.3 Å². The summed E-state index contributed by atoms with van der Waals surface area (Å²) >= 11 is 2.02. The van der Waals surface area contributed by atoms with Gasteiger partial charge in [0.2, 0.25) is 0 Å². The molecule has 0 atom stereocenters. The predicted octanol–water partition coefficient (Wildman–Crippen LogP) is 15.8. The van der Waals surface area contributed by atoms with Gasteiger partial charge in [-0.2, -0.15) is 0 Å². The largest absolute Gasteiger partial charge is 0.311 e. The maximum absolute atomic E-state index is 2.71. The summed E-state index contributed by atoms with van der Waals surface area (Å²) in [5.74, 6) is 0. The minimum absolute atomic E-state index is 0.0215. The van der Waals surface area contributed by atoms with Crippen molar-refractivity contribution in [3.63, 3.8) is 0 Å². The summed E-state index contributed by atoms with van der Waals surface area (Å²) < 4.78 is 1.40. The first kappa shape index (κ1) is 43.5. The molecule has 0 spiro atoms. The normalized spacial score (nSPS) is 17.5. The van der Waals surface area contributed by atoms with E-state index in [0.717, 1.165) is 0 Å². The van der Waals surface area contributed by atoms with Crippen LogP contribution in [0.15, 0.2) is 103 Å². The highest BCUT2D eigenvalue weighted by Gasteiger charge is 2.51. The summed E-state index contributed by atoms with van der Waals surface area (Å²) in [4.78, 5) is 5.37. The van der Waals surface area contributed by atoms with E-state index in [4.69, 9.17) is 0 Å². The molecule has 6 aromatic carbocycles. The second-order valence-electron chi connectivity index (χ2n) is 25.4. The number of hydrogen-bond acceptors (Lipinski definition) is 3. The van der Waals surface area contributed by atoms with Crippen LogP contribution in [0.4, 0.5) is 33.4 Å². The highest BCUT2D eigenvalue weighted by molar-refractivity contribution is 7.26. The van der Waals surface area contributed by atoms with Crippen molar-refractivity contribution < 1.29 is 0 Å². The molecule has 4 aliphatic rings. The molecule has 0 bridgehead atoms. The number of aryl methyl sites for hydroxylation is 1. The third-order valence-electron chi connectivity index (χ3n) is 16.4. The maximum Gasteiger partial charge on any atom is 0.254 e. The Morgan fingerprint density at radius 3 is 1.65 bits per heavy atom. The van der Waals surface area contributed by atoms with Crippen LogP contribution in [0.25, 0.3) is 21.2 Å². The molecule has 336 valence electrons. The molecular weight excluding hydrogens is 816 g/mol. The monoisotopic (exact) mass is 885 g/mol. The minimum atomic E-state index is -0.241. The summed E-state index contributed by atoms with van der Waals surface area (Å²) in [6.45, 7) is 38.5. The lowest BCUT2D eigenvalue weighted by Gasteiger charge is -2.46. The van der Waals surface area contributed by atoms with Crippen molar-refractivity contribution in [3.8, 4) is 11.1 Å². The van der Waals surface area contributed by atoms with E-state index < -0.39 is 0 Å². The van der Waals surface area contributed by atoms with Gasteiger partial charge in [0.25, 0.3) is 6.71 Å². The van der Waals surface area contributed by atoms with Crippen LogP contribution >= 0.6 is 11.3 Å². The van der Waals surface area contributed by atoms with E-state index in [1.165, 1.54) is 128 Å². The molecule has 2 nitrogen and oxygen atoms in total. The van der Waals surface area contributed by atoms with Gasteiger partial charge in [-0.15, -0.1) is 11.3 Å². The fraction of sp³-hybridized carbons (Fsp3) is 0.387. The van der Waals surface area contributed by atoms with Gasteiger partial charge in [0.15, 0.2) is 0 Å². The predicted molar refractivity (Wildman–Crippen MR) is 290 cm³/mol. The summed E-state index contributed by atoms with van der Waals surface area (Å²) in [5.41, 5.74) is 24.8. The van der Waals surface area contributed by atoms with E-state index in [1.54, 1.807) is 0 Å². The van der Waals surface area contributed by atoms with Crippen LogP contribution in [0.2, 0.25) is 0 Å². The first-order valence-corrected chi connectivity index (χ1v) is 25.5. The molecule has 3 heterocycles. The van der Waals surface area contributed by atoms with Gasteiger partial charge in [-0.25, -0.2) is 0 Å². The Labute approximate surface area is 400 Å². The van der Waals surface area contributed by atoms with E-state index in [0.29, 0.717) is 0 Å². The Kier molecular flexibility index (Phi) is 9.08. The lowest BCUT2D eigenvalue weighted by molar-refractivity contribution is 0.332. The van der Waals surface area contributed by atoms with Gasteiger partial charge in [0, 0.05) is 38.6 Å². The Balaban J connectivity index is 1.32. The number of rotatable bonds is 2. The molecule has 0 N–H and O–H groups in total. The quantitative estimate of drug-likeness (QED) is 0.160. The van der Waals surface area contributed by atoms with Crippen LogP contribution in [0, 0.1) is 6.92 Å². The standard InChI is InChI=1S/C62H69BN2S/c1-36-31-48-54-49(32-36)65(40-27-23-38(24-28-40)58(5,6)7)56-53(42-33-44-45(35-50(42)66-56)61(13,14)30-29-60(44,11)12)63(54)47-34-46(59(8,9)10)51-41-19-17-18-20-43(41)62(15,16)52(51)55(47)64(48)39-25-21-37(22-26-39)57(2,3)4/h17-28,31-35H,29-30H2,1-16H3. The van der Waals surface area contributed by atoms with Gasteiger partial charge in [-0.3, -0.25) is 0 Å². The molecule has 0 fully saturated rings. The van der Waals surface area contributed by atoms with Crippen molar-refractivity contribution in [2.24, 2.45) is 0 Å². The summed E-state index contributed by atoms with van der Waals surface area (Å²) in [6, 6.07) is 41.4. The van der Waals surface area contributed by atoms with E-state index in [2.05, 4.69) is 224 Å². The Hall–Kier alpha value is -5.06. The molecule has 11 rings (SSSR count). The lowest BCUT2D eigenvalue weighted by Crippen LogP contribution is -2.61. The third-order valence-corrected chi connectivity index (χ3v) is 17.5. The number of benzene rings is 6. The molecule has 2 aliphatic carbocycles. The molecule has 0 radical (unpaired) electrons.